The molecule has 1 aromatic heterocycles. The zero-order chi connectivity index (χ0) is 19.2. The van der Waals surface area contributed by atoms with Crippen LogP contribution in [-0.4, -0.2) is 44.9 Å². The lowest BCUT2D eigenvalue weighted by Crippen LogP contribution is -2.22. The van der Waals surface area contributed by atoms with E-state index in [1.165, 1.54) is 23.9 Å². The van der Waals surface area contributed by atoms with E-state index in [1.807, 2.05) is 0 Å². The maximum Gasteiger partial charge on any atom is 0.277 e. The van der Waals surface area contributed by atoms with Gasteiger partial charge in [-0.1, -0.05) is 0 Å². The Morgan fingerprint density at radius 2 is 1.68 bits per heavy atom. The molecule has 0 amide bonds. The van der Waals surface area contributed by atoms with Crippen molar-refractivity contribution in [1.82, 2.24) is 9.78 Å². The lowest BCUT2D eigenvalue weighted by atomic mass is 10.0. The molecular formula is C15H18N2O6S2. The maximum absolute atomic E-state index is 12.7. The van der Waals surface area contributed by atoms with Gasteiger partial charge < -0.3 is 5.10 Å². The molecule has 0 aliphatic rings. The van der Waals surface area contributed by atoms with Gasteiger partial charge in [-0.2, -0.15) is 0 Å². The summed E-state index contributed by atoms with van der Waals surface area (Å²) >= 11 is 0. The molecule has 8 nitrogen and oxygen atoms in total. The fraction of sp³-hybridized carbons (Fsp3) is 0.333. The molecule has 0 saturated heterocycles. The van der Waals surface area contributed by atoms with Crippen LogP contribution < -0.4 is 5.56 Å². The lowest BCUT2D eigenvalue weighted by molar-refractivity contribution is 0.103. The molecule has 25 heavy (non-hydrogen) atoms. The van der Waals surface area contributed by atoms with Crippen molar-refractivity contribution in [3.8, 4) is 0 Å². The van der Waals surface area contributed by atoms with Gasteiger partial charge in [0.05, 0.1) is 9.79 Å². The number of H-pyrrole nitrogens is 1. The van der Waals surface area contributed by atoms with Crippen molar-refractivity contribution in [2.45, 2.75) is 30.2 Å². The molecule has 0 aliphatic heterocycles. The van der Waals surface area contributed by atoms with Gasteiger partial charge in [0, 0.05) is 30.8 Å². The van der Waals surface area contributed by atoms with Gasteiger partial charge in [-0.05, 0) is 31.5 Å². The van der Waals surface area contributed by atoms with Crippen molar-refractivity contribution < 1.29 is 21.6 Å². The Kier molecular flexibility index (Phi) is 4.79. The van der Waals surface area contributed by atoms with Crippen molar-refractivity contribution in [2.24, 2.45) is 0 Å². The van der Waals surface area contributed by atoms with E-state index in [2.05, 4.69) is 5.10 Å². The summed E-state index contributed by atoms with van der Waals surface area (Å²) in [5.41, 5.74) is -0.706. The van der Waals surface area contributed by atoms with Crippen molar-refractivity contribution >= 4 is 25.5 Å². The van der Waals surface area contributed by atoms with Gasteiger partial charge >= 0.3 is 0 Å². The monoisotopic (exact) mass is 386 g/mol. The Labute approximate surface area is 145 Å². The topological polar surface area (TPSA) is 123 Å². The zero-order valence-corrected chi connectivity index (χ0v) is 15.8. The molecule has 0 unspecified atom stereocenters. The first-order chi connectivity index (χ1) is 11.4. The molecule has 0 fully saturated rings. The van der Waals surface area contributed by atoms with Crippen LogP contribution in [0, 0.1) is 6.92 Å². The molecule has 0 radical (unpaired) electrons. The number of carbonyl (C=O) groups is 1. The number of hydrogen-bond acceptors (Lipinski definition) is 6. The van der Waals surface area contributed by atoms with Gasteiger partial charge in [-0.3, -0.25) is 14.3 Å². The second-order valence-electron chi connectivity index (χ2n) is 5.68. The predicted octanol–water partition coefficient (Wildman–Crippen LogP) is 0.543. The molecule has 0 bridgehead atoms. The number of aryl methyl sites for hydroxylation is 1. The minimum Gasteiger partial charge on any atom is -0.302 e. The smallest absolute Gasteiger partial charge is 0.277 e. The summed E-state index contributed by atoms with van der Waals surface area (Å²) in [5, 5.41) is 2.64. The number of aromatic nitrogens is 2. The molecule has 1 aromatic carbocycles. The van der Waals surface area contributed by atoms with E-state index in [9.17, 15) is 26.4 Å². The lowest BCUT2D eigenvalue weighted by Gasteiger charge is -2.13. The Morgan fingerprint density at radius 1 is 1.08 bits per heavy atom. The number of benzene rings is 1. The number of aromatic amines is 1. The molecule has 10 heteroatoms. The highest BCUT2D eigenvalue weighted by Gasteiger charge is 2.27. The van der Waals surface area contributed by atoms with E-state index in [1.54, 1.807) is 6.92 Å². The zero-order valence-electron chi connectivity index (χ0n) is 14.2. The average Bonchev–Trinajstić information content (AvgIpc) is 2.84. The Balaban J connectivity index is 2.79. The van der Waals surface area contributed by atoms with E-state index < -0.39 is 35.9 Å². The van der Waals surface area contributed by atoms with Crippen molar-refractivity contribution in [2.75, 3.05) is 12.5 Å². The average molecular weight is 386 g/mol. The van der Waals surface area contributed by atoms with Gasteiger partial charge in [0.1, 0.15) is 5.56 Å². The van der Waals surface area contributed by atoms with Crippen LogP contribution in [0.5, 0.6) is 0 Å². The van der Waals surface area contributed by atoms with E-state index >= 15 is 0 Å². The van der Waals surface area contributed by atoms with E-state index in [0.717, 1.165) is 18.6 Å². The largest absolute Gasteiger partial charge is 0.302 e. The van der Waals surface area contributed by atoms with E-state index in [4.69, 9.17) is 0 Å². The summed E-state index contributed by atoms with van der Waals surface area (Å²) in [6.45, 7) is 3.41. The molecule has 0 spiro atoms. The number of ketones is 1. The van der Waals surface area contributed by atoms with Crippen LogP contribution in [0.25, 0.3) is 0 Å². The summed E-state index contributed by atoms with van der Waals surface area (Å²) in [6, 6.07) is 2.31. The van der Waals surface area contributed by atoms with Crippen molar-refractivity contribution in [1.29, 1.82) is 0 Å². The van der Waals surface area contributed by atoms with Gasteiger partial charge in [0.15, 0.2) is 25.5 Å². The van der Waals surface area contributed by atoms with Crippen LogP contribution in [0.2, 0.25) is 0 Å². The minimum absolute atomic E-state index is 0.000858. The Morgan fingerprint density at radius 3 is 2.12 bits per heavy atom. The molecule has 1 N–H and O–H groups in total. The van der Waals surface area contributed by atoms with E-state index in [-0.39, 0.29) is 21.6 Å². The van der Waals surface area contributed by atoms with Crippen LogP contribution in [-0.2, 0) is 26.2 Å². The molecule has 0 aliphatic carbocycles. The molecule has 2 aromatic rings. The maximum atomic E-state index is 12.7. The molecular weight excluding hydrogens is 368 g/mol. The number of sulfone groups is 2. The fourth-order valence-corrected chi connectivity index (χ4v) is 5.43. The Hall–Kier alpha value is -2.20. The van der Waals surface area contributed by atoms with Crippen molar-refractivity contribution in [3.05, 3.63) is 45.4 Å². The van der Waals surface area contributed by atoms with Crippen molar-refractivity contribution in [3.63, 3.8) is 0 Å². The number of carbonyl (C=O) groups excluding carboxylic acids is 1. The number of nitrogens with zero attached hydrogens (tertiary/aromatic N) is 1. The highest BCUT2D eigenvalue weighted by Crippen LogP contribution is 2.28. The highest BCUT2D eigenvalue weighted by atomic mass is 32.2. The third-order valence-electron chi connectivity index (χ3n) is 3.79. The van der Waals surface area contributed by atoms with Crippen LogP contribution in [0.3, 0.4) is 0 Å². The number of rotatable bonds is 5. The summed E-state index contributed by atoms with van der Waals surface area (Å²) in [4.78, 5) is 24.0. The van der Waals surface area contributed by atoms with Crippen LogP contribution in [0.15, 0.2) is 32.9 Å². The standard InChI is InChI=1S/C15H18N2O6S2/c1-5-17-15(19)11(8-16-17)13(18)10-6-7-12(24(3,20)21)14(9(10)2)25(4,22)23/h6-8,16H,5H2,1-4H3. The van der Waals surface area contributed by atoms with E-state index in [0.29, 0.717) is 6.54 Å². The SMILES string of the molecule is CCn1[nH]cc(C(=O)c2ccc(S(C)(=O)=O)c(S(C)(=O)=O)c2C)c1=O. The van der Waals surface area contributed by atoms with Gasteiger partial charge in [0.25, 0.3) is 5.56 Å². The first-order valence-electron chi connectivity index (χ1n) is 7.26. The summed E-state index contributed by atoms with van der Waals surface area (Å²) in [7, 11) is -7.73. The summed E-state index contributed by atoms with van der Waals surface area (Å²) in [6.07, 6.45) is 3.01. The summed E-state index contributed by atoms with van der Waals surface area (Å²) < 4.78 is 49.2. The first-order valence-corrected chi connectivity index (χ1v) is 11.0. The first kappa shape index (κ1) is 19.1. The van der Waals surface area contributed by atoms with Crippen LogP contribution in [0.4, 0.5) is 0 Å². The molecule has 0 saturated carbocycles. The molecule has 0 atom stereocenters. The predicted molar refractivity (Wildman–Crippen MR) is 91.6 cm³/mol. The normalized spacial score (nSPS) is 12.3. The van der Waals surface area contributed by atoms with Gasteiger partial charge in [-0.25, -0.2) is 16.8 Å². The second-order valence-corrected chi connectivity index (χ2v) is 9.61. The molecule has 136 valence electrons. The minimum atomic E-state index is -3.92. The number of hydrogen-bond donors (Lipinski definition) is 1. The molecule has 2 rings (SSSR count). The Bertz CT molecular complexity index is 1120. The third-order valence-corrected chi connectivity index (χ3v) is 6.32. The highest BCUT2D eigenvalue weighted by molar-refractivity contribution is 7.93. The fourth-order valence-electron chi connectivity index (χ4n) is 2.62. The van der Waals surface area contributed by atoms with Gasteiger partial charge in [0.2, 0.25) is 0 Å². The van der Waals surface area contributed by atoms with Crippen LogP contribution >= 0.6 is 0 Å². The van der Waals surface area contributed by atoms with Crippen LogP contribution in [0.1, 0.15) is 28.4 Å². The third kappa shape index (κ3) is 3.45. The second kappa shape index (κ2) is 6.26. The van der Waals surface area contributed by atoms with Gasteiger partial charge in [-0.15, -0.1) is 0 Å². The number of nitrogens with one attached hydrogen (secondary N) is 1. The molecule has 1 heterocycles. The summed E-state index contributed by atoms with van der Waals surface area (Å²) in [5.74, 6) is -0.670. The quantitative estimate of drug-likeness (QED) is 0.748.